The second kappa shape index (κ2) is 20.1. The molecular weight excluding hydrogens is 609 g/mol. The molecule has 0 amide bonds. The van der Waals surface area contributed by atoms with Crippen LogP contribution < -0.4 is 0 Å². The van der Waals surface area contributed by atoms with Gasteiger partial charge in [-0.15, -0.1) is 45.3 Å². The second-order valence-corrected chi connectivity index (χ2v) is 16.7. The zero-order valence-electron chi connectivity index (χ0n) is 28.2. The Balaban J connectivity index is 1.66. The van der Waals surface area contributed by atoms with Crippen molar-refractivity contribution in [3.05, 3.63) is 57.3 Å². The first kappa shape index (κ1) is 35.7. The van der Waals surface area contributed by atoms with Crippen molar-refractivity contribution < 1.29 is 0 Å². The summed E-state index contributed by atoms with van der Waals surface area (Å²) < 4.78 is 0. The van der Waals surface area contributed by atoms with Gasteiger partial charge in [0.05, 0.1) is 0 Å². The molecule has 4 aromatic rings. The van der Waals surface area contributed by atoms with Crippen molar-refractivity contribution in [3.63, 3.8) is 0 Å². The van der Waals surface area contributed by atoms with Crippen LogP contribution in [0, 0.1) is 0 Å². The van der Waals surface area contributed by atoms with E-state index in [-0.39, 0.29) is 0 Å². The maximum absolute atomic E-state index is 2.60. The van der Waals surface area contributed by atoms with Gasteiger partial charge in [0.1, 0.15) is 0 Å². The van der Waals surface area contributed by atoms with Gasteiger partial charge in [-0.2, -0.15) is 0 Å². The van der Waals surface area contributed by atoms with Crippen LogP contribution in [0.25, 0.3) is 29.3 Å². The molecule has 4 rings (SSSR count). The van der Waals surface area contributed by atoms with E-state index in [1.165, 1.54) is 138 Å². The third-order valence-corrected chi connectivity index (χ3v) is 13.8. The standard InChI is InChI=1S/C40H58S4/c1-5-9-13-17-21-31-25-27-41-37(31)39-33(23-19-15-11-7-3)29-35(43-39)36-30-34(24-20-16-12-8-4)40(44-36)38-32(26-28-42-38)22-18-14-10-6-2/h25-30H,5-24H2,1-4H3. The fourth-order valence-corrected chi connectivity index (χ4v) is 11.1. The summed E-state index contributed by atoms with van der Waals surface area (Å²) in [7, 11) is 0. The number of hydrogen-bond donors (Lipinski definition) is 0. The predicted molar refractivity (Wildman–Crippen MR) is 206 cm³/mol. The first-order chi connectivity index (χ1) is 21.7. The Morgan fingerprint density at radius 2 is 0.727 bits per heavy atom. The van der Waals surface area contributed by atoms with Crippen molar-refractivity contribution >= 4 is 45.3 Å². The van der Waals surface area contributed by atoms with Crippen molar-refractivity contribution in [2.75, 3.05) is 0 Å². The van der Waals surface area contributed by atoms with Crippen molar-refractivity contribution in [1.29, 1.82) is 0 Å². The van der Waals surface area contributed by atoms with Crippen LogP contribution in [0.4, 0.5) is 0 Å². The minimum Gasteiger partial charge on any atom is -0.143 e. The number of hydrogen-bond acceptors (Lipinski definition) is 4. The van der Waals surface area contributed by atoms with Gasteiger partial charge >= 0.3 is 0 Å². The Hall–Kier alpha value is -1.20. The van der Waals surface area contributed by atoms with Crippen molar-refractivity contribution in [2.24, 2.45) is 0 Å². The van der Waals surface area contributed by atoms with Gasteiger partial charge < -0.3 is 0 Å². The first-order valence-corrected chi connectivity index (χ1v) is 21.5. The van der Waals surface area contributed by atoms with Crippen molar-refractivity contribution in [2.45, 2.75) is 156 Å². The van der Waals surface area contributed by atoms with Gasteiger partial charge in [0.25, 0.3) is 0 Å². The van der Waals surface area contributed by atoms with Crippen LogP contribution >= 0.6 is 45.3 Å². The van der Waals surface area contributed by atoms with Gasteiger partial charge in [0.15, 0.2) is 0 Å². The summed E-state index contributed by atoms with van der Waals surface area (Å²) in [5, 5.41) is 4.70. The molecule has 0 atom stereocenters. The van der Waals surface area contributed by atoms with E-state index in [0.29, 0.717) is 0 Å². The molecule has 44 heavy (non-hydrogen) atoms. The van der Waals surface area contributed by atoms with E-state index in [0.717, 1.165) is 0 Å². The Kier molecular flexibility index (Phi) is 16.3. The van der Waals surface area contributed by atoms with Crippen LogP contribution in [0.1, 0.15) is 153 Å². The summed E-state index contributed by atoms with van der Waals surface area (Å²) in [6.45, 7) is 9.27. The van der Waals surface area contributed by atoms with E-state index in [1.807, 2.05) is 22.7 Å². The molecule has 0 bridgehead atoms. The SMILES string of the molecule is CCCCCCc1ccsc1-c1sc(-c2cc(CCCCCC)c(-c3sccc3CCCCCC)s2)cc1CCCCCC. The minimum atomic E-state index is 1.22. The molecule has 0 aromatic carbocycles. The van der Waals surface area contributed by atoms with Crippen LogP contribution in [-0.2, 0) is 25.7 Å². The normalized spacial score (nSPS) is 11.6. The fourth-order valence-electron chi connectivity index (χ4n) is 6.29. The molecule has 0 radical (unpaired) electrons. The lowest BCUT2D eigenvalue weighted by atomic mass is 10.0. The monoisotopic (exact) mass is 666 g/mol. The highest BCUT2D eigenvalue weighted by atomic mass is 32.1. The molecule has 4 heteroatoms. The Morgan fingerprint density at radius 1 is 0.386 bits per heavy atom. The topological polar surface area (TPSA) is 0 Å². The number of thiophene rings is 4. The van der Waals surface area contributed by atoms with Gasteiger partial charge in [-0.25, -0.2) is 0 Å². The molecule has 0 aliphatic rings. The lowest BCUT2D eigenvalue weighted by molar-refractivity contribution is 0.666. The third-order valence-electron chi connectivity index (χ3n) is 8.97. The largest absolute Gasteiger partial charge is 0.143 e. The highest BCUT2D eigenvalue weighted by Gasteiger charge is 2.21. The molecule has 0 saturated heterocycles. The van der Waals surface area contributed by atoms with E-state index in [9.17, 15) is 0 Å². The Labute approximate surface area is 286 Å². The van der Waals surface area contributed by atoms with Crippen LogP contribution in [0.2, 0.25) is 0 Å². The number of unbranched alkanes of at least 4 members (excludes halogenated alkanes) is 12. The molecule has 4 aromatic heterocycles. The van der Waals surface area contributed by atoms with Gasteiger partial charge in [-0.3, -0.25) is 0 Å². The van der Waals surface area contributed by atoms with E-state index in [1.54, 1.807) is 41.8 Å². The predicted octanol–water partition coefficient (Wildman–Crippen LogP) is 15.4. The summed E-state index contributed by atoms with van der Waals surface area (Å²) in [6.07, 6.45) is 26.2. The Bertz CT molecular complexity index is 1230. The lowest BCUT2D eigenvalue weighted by Gasteiger charge is -2.06. The van der Waals surface area contributed by atoms with Crippen LogP contribution in [-0.4, -0.2) is 0 Å². The van der Waals surface area contributed by atoms with Crippen molar-refractivity contribution in [1.82, 2.24) is 0 Å². The number of aryl methyl sites for hydroxylation is 4. The number of rotatable bonds is 23. The van der Waals surface area contributed by atoms with Gasteiger partial charge in [0.2, 0.25) is 0 Å². The van der Waals surface area contributed by atoms with Gasteiger partial charge in [-0.1, -0.05) is 105 Å². The van der Waals surface area contributed by atoms with Crippen LogP contribution in [0.5, 0.6) is 0 Å². The van der Waals surface area contributed by atoms with E-state index >= 15 is 0 Å². The summed E-state index contributed by atoms with van der Waals surface area (Å²) in [4.78, 5) is 9.28. The summed E-state index contributed by atoms with van der Waals surface area (Å²) in [5.41, 5.74) is 6.38. The van der Waals surface area contributed by atoms with E-state index < -0.39 is 0 Å². The second-order valence-electron chi connectivity index (χ2n) is 12.7. The average Bonchev–Trinajstić information content (AvgIpc) is 3.84. The smallest absolute Gasteiger partial charge is 0.0484 e. The molecule has 0 nitrogen and oxygen atoms in total. The summed E-state index contributed by atoms with van der Waals surface area (Å²) >= 11 is 8.15. The molecule has 0 saturated carbocycles. The molecule has 0 spiro atoms. The quantitative estimate of drug-likeness (QED) is 0.0691. The van der Waals surface area contributed by atoms with Gasteiger partial charge in [0, 0.05) is 29.3 Å². The molecule has 0 fully saturated rings. The van der Waals surface area contributed by atoms with Crippen LogP contribution in [0.15, 0.2) is 35.0 Å². The van der Waals surface area contributed by atoms with E-state index in [4.69, 9.17) is 0 Å². The van der Waals surface area contributed by atoms with Crippen molar-refractivity contribution in [3.8, 4) is 29.3 Å². The average molecular weight is 667 g/mol. The molecule has 4 heterocycles. The van der Waals surface area contributed by atoms with E-state index in [2.05, 4.69) is 85.4 Å². The van der Waals surface area contributed by atoms with Crippen LogP contribution in [0.3, 0.4) is 0 Å². The maximum atomic E-state index is 2.60. The molecule has 242 valence electrons. The summed E-state index contributed by atoms with van der Waals surface area (Å²) in [5.74, 6) is 0. The molecular formula is C40H58S4. The first-order valence-electron chi connectivity index (χ1n) is 18.1. The minimum absolute atomic E-state index is 1.22. The lowest BCUT2D eigenvalue weighted by Crippen LogP contribution is -1.89. The van der Waals surface area contributed by atoms with Gasteiger partial charge in [-0.05, 0) is 109 Å². The zero-order chi connectivity index (χ0) is 31.0. The highest BCUT2D eigenvalue weighted by Crippen LogP contribution is 2.48. The fraction of sp³-hybridized carbons (Fsp3) is 0.600. The summed E-state index contributed by atoms with van der Waals surface area (Å²) in [6, 6.07) is 10.0. The Morgan fingerprint density at radius 3 is 1.07 bits per heavy atom. The third kappa shape index (κ3) is 10.4. The molecule has 0 aliphatic carbocycles. The molecule has 0 aliphatic heterocycles. The zero-order valence-corrected chi connectivity index (χ0v) is 31.5. The highest BCUT2D eigenvalue weighted by molar-refractivity contribution is 7.28. The molecule has 0 N–H and O–H groups in total. The maximum Gasteiger partial charge on any atom is 0.0484 e. The molecule has 0 unspecified atom stereocenters.